The van der Waals surface area contributed by atoms with E-state index in [0.29, 0.717) is 5.57 Å². The number of carboxylic acid groups (broad SMARTS) is 1. The Morgan fingerprint density at radius 2 is 1.76 bits per heavy atom. The third-order valence-corrected chi connectivity index (χ3v) is 2.97. The van der Waals surface area contributed by atoms with E-state index in [1.54, 1.807) is 57.2 Å². The molecule has 1 rings (SSSR count). The Labute approximate surface area is 147 Å². The van der Waals surface area contributed by atoms with Crippen LogP contribution in [0.2, 0.25) is 0 Å². The molecule has 3 N–H and O–H groups in total. The van der Waals surface area contributed by atoms with Gasteiger partial charge in [0.1, 0.15) is 11.6 Å². The average Bonchev–Trinajstić information content (AvgIpc) is 2.43. The van der Waals surface area contributed by atoms with Crippen molar-refractivity contribution in [3.8, 4) is 0 Å². The smallest absolute Gasteiger partial charge is 0.408 e. The van der Waals surface area contributed by atoms with Gasteiger partial charge in [0.05, 0.1) is 0 Å². The lowest BCUT2D eigenvalue weighted by atomic mass is 10.1. The van der Waals surface area contributed by atoms with Crippen LogP contribution in [0.15, 0.2) is 48.1 Å². The summed E-state index contributed by atoms with van der Waals surface area (Å²) >= 11 is 0. The molecule has 1 atom stereocenters. The summed E-state index contributed by atoms with van der Waals surface area (Å²) in [5.74, 6) is -1.52. The number of carbonyl (C=O) groups excluding carboxylic acids is 2. The van der Waals surface area contributed by atoms with Gasteiger partial charge < -0.3 is 20.5 Å². The van der Waals surface area contributed by atoms with E-state index in [1.165, 1.54) is 0 Å². The fourth-order valence-electron chi connectivity index (χ4n) is 1.86. The van der Waals surface area contributed by atoms with Crippen LogP contribution in [0.1, 0.15) is 27.2 Å². The SMILES string of the molecule is CC(C)(C)OC(=O)N[C@H](CCNC(=O)C1=C/C=C\C=C/C=C1)C(=O)O. The maximum absolute atomic E-state index is 12.1. The zero-order valence-electron chi connectivity index (χ0n) is 14.6. The van der Waals surface area contributed by atoms with Crippen molar-refractivity contribution in [1.29, 1.82) is 0 Å². The number of amides is 2. The highest BCUT2D eigenvalue weighted by Gasteiger charge is 2.23. The molecule has 0 saturated heterocycles. The molecule has 0 unspecified atom stereocenters. The van der Waals surface area contributed by atoms with Gasteiger partial charge in [-0.2, -0.15) is 0 Å². The Morgan fingerprint density at radius 1 is 1.12 bits per heavy atom. The summed E-state index contributed by atoms with van der Waals surface area (Å²) in [4.78, 5) is 35.0. The Balaban J connectivity index is 2.51. The summed E-state index contributed by atoms with van der Waals surface area (Å²) in [6.07, 6.45) is 11.4. The lowest BCUT2D eigenvalue weighted by Crippen LogP contribution is -2.45. The fraction of sp³-hybridized carbons (Fsp3) is 0.389. The highest BCUT2D eigenvalue weighted by molar-refractivity contribution is 5.96. The second-order valence-corrected chi connectivity index (χ2v) is 6.33. The minimum Gasteiger partial charge on any atom is -0.480 e. The second-order valence-electron chi connectivity index (χ2n) is 6.33. The molecule has 1 aliphatic carbocycles. The van der Waals surface area contributed by atoms with Crippen LogP contribution < -0.4 is 10.6 Å². The highest BCUT2D eigenvalue weighted by Crippen LogP contribution is 2.07. The molecule has 0 heterocycles. The highest BCUT2D eigenvalue weighted by atomic mass is 16.6. The zero-order valence-corrected chi connectivity index (χ0v) is 14.6. The molecule has 7 nitrogen and oxygen atoms in total. The van der Waals surface area contributed by atoms with Gasteiger partial charge in [0, 0.05) is 12.1 Å². The first-order valence-corrected chi connectivity index (χ1v) is 7.91. The van der Waals surface area contributed by atoms with E-state index in [4.69, 9.17) is 4.74 Å². The Bertz CT molecular complexity index is 624. The molecule has 0 aromatic rings. The van der Waals surface area contributed by atoms with E-state index in [-0.39, 0.29) is 18.9 Å². The van der Waals surface area contributed by atoms with Crippen LogP contribution >= 0.6 is 0 Å². The summed E-state index contributed by atoms with van der Waals surface area (Å²) in [6, 6.07) is -1.15. The molecule has 1 aliphatic rings. The van der Waals surface area contributed by atoms with Crippen LogP contribution in [0.4, 0.5) is 4.79 Å². The van der Waals surface area contributed by atoms with Crippen LogP contribution in [-0.2, 0) is 14.3 Å². The molecule has 0 radical (unpaired) electrons. The van der Waals surface area contributed by atoms with Crippen molar-refractivity contribution < 1.29 is 24.2 Å². The van der Waals surface area contributed by atoms with Gasteiger partial charge in [-0.3, -0.25) is 4.79 Å². The normalized spacial score (nSPS) is 17.3. The van der Waals surface area contributed by atoms with Crippen molar-refractivity contribution in [3.05, 3.63) is 48.1 Å². The van der Waals surface area contributed by atoms with Crippen molar-refractivity contribution >= 4 is 18.0 Å². The predicted molar refractivity (Wildman–Crippen MR) is 93.9 cm³/mol. The van der Waals surface area contributed by atoms with Gasteiger partial charge in [-0.05, 0) is 39.3 Å². The molecule has 7 heteroatoms. The summed E-state index contributed by atoms with van der Waals surface area (Å²) in [6.45, 7) is 5.14. The fourth-order valence-corrected chi connectivity index (χ4v) is 1.86. The van der Waals surface area contributed by atoms with Crippen LogP contribution in [-0.4, -0.2) is 41.3 Å². The van der Waals surface area contributed by atoms with E-state index in [2.05, 4.69) is 10.6 Å². The maximum atomic E-state index is 12.1. The number of hydrogen-bond acceptors (Lipinski definition) is 4. The van der Waals surface area contributed by atoms with Crippen molar-refractivity contribution in [1.82, 2.24) is 10.6 Å². The van der Waals surface area contributed by atoms with Crippen LogP contribution in [0.3, 0.4) is 0 Å². The van der Waals surface area contributed by atoms with Crippen LogP contribution in [0, 0.1) is 0 Å². The molecule has 0 aromatic carbocycles. The van der Waals surface area contributed by atoms with E-state index in [9.17, 15) is 19.5 Å². The van der Waals surface area contributed by atoms with Crippen molar-refractivity contribution in [2.24, 2.45) is 0 Å². The molecular formula is C18H24N2O5. The number of nitrogens with one attached hydrogen (secondary N) is 2. The molecule has 0 spiro atoms. The van der Waals surface area contributed by atoms with Gasteiger partial charge in [0.25, 0.3) is 5.91 Å². The largest absolute Gasteiger partial charge is 0.480 e. The van der Waals surface area contributed by atoms with Crippen molar-refractivity contribution in [3.63, 3.8) is 0 Å². The van der Waals surface area contributed by atoms with Crippen molar-refractivity contribution in [2.75, 3.05) is 6.54 Å². The van der Waals surface area contributed by atoms with Crippen molar-refractivity contribution in [2.45, 2.75) is 38.8 Å². The first kappa shape index (κ1) is 20.2. The summed E-state index contributed by atoms with van der Waals surface area (Å²) in [5, 5.41) is 14.1. The number of carboxylic acids is 1. The third kappa shape index (κ3) is 8.55. The monoisotopic (exact) mass is 348 g/mol. The summed E-state index contributed by atoms with van der Waals surface area (Å²) in [5.41, 5.74) is -0.270. The number of allylic oxidation sites excluding steroid dienone is 6. The predicted octanol–water partition coefficient (Wildman–Crippen LogP) is 2.08. The van der Waals surface area contributed by atoms with Gasteiger partial charge in [0.15, 0.2) is 0 Å². The topological polar surface area (TPSA) is 105 Å². The number of rotatable bonds is 6. The quantitative estimate of drug-likeness (QED) is 0.682. The minimum atomic E-state index is -1.20. The van der Waals surface area contributed by atoms with Gasteiger partial charge in [-0.25, -0.2) is 9.59 Å². The molecule has 0 fully saturated rings. The third-order valence-electron chi connectivity index (χ3n) is 2.97. The minimum absolute atomic E-state index is 0.0348. The van der Waals surface area contributed by atoms with Gasteiger partial charge in [-0.1, -0.05) is 30.4 Å². The Morgan fingerprint density at radius 3 is 2.40 bits per heavy atom. The van der Waals surface area contributed by atoms with Gasteiger partial charge >= 0.3 is 12.1 Å². The lowest BCUT2D eigenvalue weighted by Gasteiger charge is -2.22. The molecule has 0 bridgehead atoms. The molecule has 0 saturated carbocycles. The average molecular weight is 348 g/mol. The van der Waals surface area contributed by atoms with Gasteiger partial charge in [0.2, 0.25) is 0 Å². The summed E-state index contributed by atoms with van der Waals surface area (Å²) in [7, 11) is 0. The molecule has 2 amide bonds. The van der Waals surface area contributed by atoms with E-state index in [1.807, 2.05) is 6.08 Å². The Hall–Kier alpha value is -2.83. The number of aliphatic carboxylic acids is 1. The number of alkyl carbamates (subject to hydrolysis) is 1. The number of ether oxygens (including phenoxy) is 1. The van der Waals surface area contributed by atoms with Crippen LogP contribution in [0.25, 0.3) is 0 Å². The van der Waals surface area contributed by atoms with Gasteiger partial charge in [-0.15, -0.1) is 0 Å². The maximum Gasteiger partial charge on any atom is 0.408 e. The number of carbonyl (C=O) groups is 3. The molecule has 136 valence electrons. The van der Waals surface area contributed by atoms with E-state index in [0.717, 1.165) is 0 Å². The zero-order chi connectivity index (χ0) is 18.9. The second kappa shape index (κ2) is 9.46. The van der Waals surface area contributed by atoms with E-state index < -0.39 is 23.7 Å². The molecular weight excluding hydrogens is 324 g/mol. The summed E-state index contributed by atoms with van der Waals surface area (Å²) < 4.78 is 5.03. The number of hydrogen-bond donors (Lipinski definition) is 3. The molecule has 0 aromatic heterocycles. The Kier molecular flexibility index (Phi) is 7.65. The first-order chi connectivity index (χ1) is 11.7. The first-order valence-electron chi connectivity index (χ1n) is 7.91. The molecule has 25 heavy (non-hydrogen) atoms. The van der Waals surface area contributed by atoms with E-state index >= 15 is 0 Å². The molecule has 0 aliphatic heterocycles. The van der Waals surface area contributed by atoms with Crippen LogP contribution in [0.5, 0.6) is 0 Å². The lowest BCUT2D eigenvalue weighted by molar-refractivity contribution is -0.139. The standard InChI is InChI=1S/C18H24N2O5/c1-18(2,3)25-17(24)20-14(16(22)23)11-12-19-15(21)13-9-7-5-4-6-8-10-13/h4-10,14H,11-12H2,1-3H3,(H,19,21)(H,20,24)(H,22,23)/b5-4-,6-4?,7-5?,8-6-,9-7?,10-8?,13-9?,13-10?/t14-/m1/s1.